The Bertz CT molecular complexity index is 648. The van der Waals surface area contributed by atoms with Crippen LogP contribution in [0.4, 0.5) is 16.0 Å². The number of rotatable bonds is 6. The van der Waals surface area contributed by atoms with Crippen LogP contribution in [0.25, 0.3) is 0 Å². The molecule has 1 aliphatic rings. The van der Waals surface area contributed by atoms with Crippen LogP contribution in [0.2, 0.25) is 0 Å². The minimum absolute atomic E-state index is 0.207. The molecule has 2 aromatic heterocycles. The molecule has 1 aliphatic heterocycles. The van der Waals surface area contributed by atoms with Crippen molar-refractivity contribution in [1.29, 1.82) is 0 Å². The zero-order valence-corrected chi connectivity index (χ0v) is 13.7. The van der Waals surface area contributed by atoms with Crippen molar-refractivity contribution in [2.75, 3.05) is 23.4 Å². The van der Waals surface area contributed by atoms with E-state index in [0.29, 0.717) is 12.6 Å². The molecule has 5 nitrogen and oxygen atoms in total. The molecule has 0 aliphatic carbocycles. The van der Waals surface area contributed by atoms with Crippen molar-refractivity contribution in [1.82, 2.24) is 9.97 Å². The van der Waals surface area contributed by atoms with E-state index in [1.54, 1.807) is 12.3 Å². The van der Waals surface area contributed by atoms with E-state index in [1.165, 1.54) is 12.5 Å². The Morgan fingerprint density at radius 2 is 2.17 bits per heavy atom. The van der Waals surface area contributed by atoms with Crippen LogP contribution < -0.4 is 10.2 Å². The van der Waals surface area contributed by atoms with Gasteiger partial charge in [0.25, 0.3) is 0 Å². The number of piperidine rings is 1. The lowest BCUT2D eigenvalue weighted by atomic mass is 9.99. The van der Waals surface area contributed by atoms with E-state index >= 15 is 0 Å². The van der Waals surface area contributed by atoms with E-state index in [9.17, 15) is 9.50 Å². The van der Waals surface area contributed by atoms with Gasteiger partial charge in [0.15, 0.2) is 11.6 Å². The number of anilines is 2. The third-order valence-electron chi connectivity index (χ3n) is 4.41. The summed E-state index contributed by atoms with van der Waals surface area (Å²) < 4.78 is 13.5. The average molecular weight is 330 g/mol. The van der Waals surface area contributed by atoms with Crippen LogP contribution in [0, 0.1) is 5.82 Å². The summed E-state index contributed by atoms with van der Waals surface area (Å²) in [6.07, 6.45) is 7.62. The van der Waals surface area contributed by atoms with Crippen molar-refractivity contribution in [3.05, 3.63) is 48.0 Å². The predicted octanol–water partition coefficient (Wildman–Crippen LogP) is 2.97. The zero-order valence-electron chi connectivity index (χ0n) is 13.7. The maximum absolute atomic E-state index is 13.5. The molecule has 0 amide bonds. The Morgan fingerprint density at radius 3 is 2.92 bits per heavy atom. The molecule has 0 unspecified atom stereocenters. The quantitative estimate of drug-likeness (QED) is 0.853. The van der Waals surface area contributed by atoms with Crippen molar-refractivity contribution in [3.8, 4) is 0 Å². The van der Waals surface area contributed by atoms with Gasteiger partial charge in [0.05, 0.1) is 0 Å². The molecule has 3 rings (SSSR count). The lowest BCUT2D eigenvalue weighted by Crippen LogP contribution is -2.40. The highest BCUT2D eigenvalue weighted by molar-refractivity contribution is 5.42. The van der Waals surface area contributed by atoms with Crippen molar-refractivity contribution >= 4 is 11.6 Å². The second-order valence-electron chi connectivity index (χ2n) is 6.07. The molecular formula is C18H23FN4O. The first-order valence-electron chi connectivity index (χ1n) is 8.45. The molecule has 1 saturated heterocycles. The number of nitrogens with zero attached hydrogens (tertiary/aromatic N) is 3. The topological polar surface area (TPSA) is 61.3 Å². The summed E-state index contributed by atoms with van der Waals surface area (Å²) in [5.74, 6) is 0.837. The van der Waals surface area contributed by atoms with E-state index < -0.39 is 0 Å². The minimum Gasteiger partial charge on any atom is -0.396 e. The van der Waals surface area contributed by atoms with Gasteiger partial charge in [-0.05, 0) is 49.4 Å². The van der Waals surface area contributed by atoms with Crippen LogP contribution in [0.15, 0.2) is 36.7 Å². The number of aliphatic hydroxyl groups is 1. The molecule has 0 spiro atoms. The summed E-state index contributed by atoms with van der Waals surface area (Å²) in [7, 11) is 0. The lowest BCUT2D eigenvalue weighted by Gasteiger charge is -2.36. The van der Waals surface area contributed by atoms with Gasteiger partial charge in [0.1, 0.15) is 5.82 Å². The maximum atomic E-state index is 13.5. The number of nitrogens with one attached hydrogen (secondary N) is 1. The van der Waals surface area contributed by atoms with E-state index in [-0.39, 0.29) is 18.2 Å². The van der Waals surface area contributed by atoms with E-state index in [2.05, 4.69) is 20.2 Å². The molecule has 2 N–H and O–H groups in total. The molecule has 0 saturated carbocycles. The van der Waals surface area contributed by atoms with Gasteiger partial charge in [-0.1, -0.05) is 6.07 Å². The van der Waals surface area contributed by atoms with Gasteiger partial charge in [0.2, 0.25) is 0 Å². The number of aromatic nitrogens is 2. The lowest BCUT2D eigenvalue weighted by molar-refractivity contribution is 0.262. The van der Waals surface area contributed by atoms with Crippen molar-refractivity contribution in [2.24, 2.45) is 0 Å². The third-order valence-corrected chi connectivity index (χ3v) is 4.41. The number of hydrogen-bond acceptors (Lipinski definition) is 5. The van der Waals surface area contributed by atoms with Gasteiger partial charge in [-0.2, -0.15) is 0 Å². The average Bonchev–Trinajstić information content (AvgIpc) is 2.62. The number of halogens is 1. The second kappa shape index (κ2) is 8.06. The molecule has 24 heavy (non-hydrogen) atoms. The first kappa shape index (κ1) is 16.6. The van der Waals surface area contributed by atoms with Crippen LogP contribution >= 0.6 is 0 Å². The maximum Gasteiger partial charge on any atom is 0.165 e. The summed E-state index contributed by atoms with van der Waals surface area (Å²) in [4.78, 5) is 10.8. The predicted molar refractivity (Wildman–Crippen MR) is 92.4 cm³/mol. The van der Waals surface area contributed by atoms with E-state index in [4.69, 9.17) is 0 Å². The van der Waals surface area contributed by atoms with Crippen LogP contribution in [-0.4, -0.2) is 34.3 Å². The highest BCUT2D eigenvalue weighted by atomic mass is 19.1. The van der Waals surface area contributed by atoms with Gasteiger partial charge >= 0.3 is 0 Å². The Morgan fingerprint density at radius 1 is 1.25 bits per heavy atom. The Labute approximate surface area is 141 Å². The Kier molecular flexibility index (Phi) is 5.59. The number of hydrogen-bond donors (Lipinski definition) is 2. The van der Waals surface area contributed by atoms with Crippen molar-refractivity contribution < 1.29 is 9.50 Å². The summed E-state index contributed by atoms with van der Waals surface area (Å²) >= 11 is 0. The number of pyridine rings is 2. The zero-order chi connectivity index (χ0) is 16.8. The Hall–Kier alpha value is -2.21. The Balaban J connectivity index is 1.63. The third kappa shape index (κ3) is 4.00. The normalized spacial score (nSPS) is 17.8. The molecule has 6 heteroatoms. The smallest absolute Gasteiger partial charge is 0.165 e. The van der Waals surface area contributed by atoms with Crippen LogP contribution in [0.1, 0.15) is 31.2 Å². The molecule has 2 aromatic rings. The van der Waals surface area contributed by atoms with Crippen LogP contribution in [0.3, 0.4) is 0 Å². The van der Waals surface area contributed by atoms with Crippen molar-refractivity contribution in [2.45, 2.75) is 38.3 Å². The molecule has 0 radical (unpaired) electrons. The highest BCUT2D eigenvalue weighted by Crippen LogP contribution is 2.25. The van der Waals surface area contributed by atoms with Gasteiger partial charge in [-0.15, -0.1) is 0 Å². The van der Waals surface area contributed by atoms with Gasteiger partial charge in [0, 0.05) is 38.1 Å². The summed E-state index contributed by atoms with van der Waals surface area (Å²) in [5.41, 5.74) is 0.972. The SMILES string of the molecule is OCC[C@H]1CCCCN1c1ccc(CNc2ncccc2F)cn1. The van der Waals surface area contributed by atoms with Crippen LogP contribution in [0.5, 0.6) is 0 Å². The van der Waals surface area contributed by atoms with Crippen molar-refractivity contribution in [3.63, 3.8) is 0 Å². The fourth-order valence-corrected chi connectivity index (χ4v) is 3.14. The molecule has 3 heterocycles. The molecule has 0 aromatic carbocycles. The fourth-order valence-electron chi connectivity index (χ4n) is 3.14. The van der Waals surface area contributed by atoms with E-state index in [0.717, 1.165) is 37.2 Å². The largest absolute Gasteiger partial charge is 0.396 e. The first-order chi connectivity index (χ1) is 11.8. The van der Waals surface area contributed by atoms with Gasteiger partial charge in [-0.3, -0.25) is 0 Å². The summed E-state index contributed by atoms with van der Waals surface area (Å²) in [6, 6.07) is 7.32. The first-order valence-corrected chi connectivity index (χ1v) is 8.45. The van der Waals surface area contributed by atoms with Crippen LogP contribution in [-0.2, 0) is 6.54 Å². The molecular weight excluding hydrogens is 307 g/mol. The van der Waals surface area contributed by atoms with Gasteiger partial charge < -0.3 is 15.3 Å². The fraction of sp³-hybridized carbons (Fsp3) is 0.444. The standard InChI is InChI=1S/C18H23FN4O/c19-16-5-3-9-20-18(16)22-13-14-6-7-17(21-12-14)23-10-2-1-4-15(23)8-11-24/h3,5-7,9,12,15,24H,1-2,4,8,10-11,13H2,(H,20,22)/t15-/m1/s1. The van der Waals surface area contributed by atoms with E-state index in [1.807, 2.05) is 18.3 Å². The minimum atomic E-state index is -0.359. The second-order valence-corrected chi connectivity index (χ2v) is 6.07. The molecule has 1 atom stereocenters. The molecule has 128 valence electrons. The van der Waals surface area contributed by atoms with Gasteiger partial charge in [-0.25, -0.2) is 14.4 Å². The molecule has 1 fully saturated rings. The summed E-state index contributed by atoms with van der Waals surface area (Å²) in [6.45, 7) is 1.66. The summed E-state index contributed by atoms with van der Waals surface area (Å²) in [5, 5.41) is 12.2. The number of aliphatic hydroxyl groups excluding tert-OH is 1. The highest BCUT2D eigenvalue weighted by Gasteiger charge is 2.22. The molecule has 0 bridgehead atoms. The monoisotopic (exact) mass is 330 g/mol.